The fourth-order valence-corrected chi connectivity index (χ4v) is 4.65. The van der Waals surface area contributed by atoms with Gasteiger partial charge in [0.25, 0.3) is 0 Å². The Morgan fingerprint density at radius 1 is 0.500 bits per heavy atom. The van der Waals surface area contributed by atoms with Crippen LogP contribution < -0.4 is 34.0 Å². The van der Waals surface area contributed by atoms with E-state index in [-0.39, 0.29) is 60.2 Å². The number of rotatable bonds is 4. The minimum absolute atomic E-state index is 0. The molecule has 0 aliphatic rings. The van der Waals surface area contributed by atoms with Crippen molar-refractivity contribution < 1.29 is 60.2 Å². The smallest absolute Gasteiger partial charge is 1.00 e. The van der Waals surface area contributed by atoms with E-state index in [1.54, 1.807) is 0 Å². The largest absolute Gasteiger partial charge is 4.00 e. The summed E-state index contributed by atoms with van der Waals surface area (Å²) in [5.41, 5.74) is 5.18. The van der Waals surface area contributed by atoms with E-state index in [1.807, 2.05) is 12.1 Å². The van der Waals surface area contributed by atoms with Gasteiger partial charge in [-0.05, 0) is 0 Å². The minimum Gasteiger partial charge on any atom is -1.00 e. The molecule has 4 heteroatoms. The summed E-state index contributed by atoms with van der Waals surface area (Å²) < 4.78 is 0. The normalized spacial score (nSPS) is 9.53. The summed E-state index contributed by atoms with van der Waals surface area (Å²) in [6.45, 7) is 4.45. The molecule has 6 aromatic rings. The Labute approximate surface area is 270 Å². The predicted molar refractivity (Wildman–Crippen MR) is 157 cm³/mol. The van der Waals surface area contributed by atoms with Gasteiger partial charge < -0.3 is 34.0 Å². The van der Waals surface area contributed by atoms with Crippen molar-refractivity contribution in [3.05, 3.63) is 133 Å². The van der Waals surface area contributed by atoms with Gasteiger partial charge in [-0.1, -0.05) is 134 Å². The van der Waals surface area contributed by atoms with Crippen LogP contribution in [0.4, 0.5) is 0 Å². The van der Waals surface area contributed by atoms with Crippen LogP contribution in [0, 0.1) is 0 Å². The standard InChI is InChI=1S/2C15H11.C4H10Si.2BrH.Zr/c2*1-2-6-12(7-3-1)15-10-13-8-4-5-9-14(13)11-15;1-3-5-4-2;;;/h2*1-11H;3-4H2,1-2H3;2*1H;/q2*-1;;;;+4/p-2. The van der Waals surface area contributed by atoms with Crippen LogP contribution in [0.3, 0.4) is 0 Å². The Hall–Kier alpha value is -1.84. The summed E-state index contributed by atoms with van der Waals surface area (Å²) in [5.74, 6) is 0. The Morgan fingerprint density at radius 2 is 0.842 bits per heavy atom. The van der Waals surface area contributed by atoms with Crippen LogP contribution in [-0.4, -0.2) is 9.52 Å². The second-order valence-electron chi connectivity index (χ2n) is 8.44. The van der Waals surface area contributed by atoms with Gasteiger partial charge in [-0.3, -0.25) is 0 Å². The van der Waals surface area contributed by atoms with Crippen LogP contribution in [0.25, 0.3) is 43.8 Å². The Kier molecular flexibility index (Phi) is 16.6. The van der Waals surface area contributed by atoms with Crippen LogP contribution in [-0.2, 0) is 26.2 Å². The second-order valence-corrected chi connectivity index (χ2v) is 10.3. The SMILES string of the molecule is CC[Si]CC.[Br-].[Br-].[Zr+4].c1ccc(-c2cc3ccccc3[cH-]2)cc1.c1ccc(-c2cc3ccccc3[cH-]2)cc1. The van der Waals surface area contributed by atoms with E-state index in [0.29, 0.717) is 0 Å². The molecule has 6 aromatic carbocycles. The minimum atomic E-state index is 0. The van der Waals surface area contributed by atoms with E-state index >= 15 is 0 Å². The first-order chi connectivity index (χ1) is 17.3. The van der Waals surface area contributed by atoms with Gasteiger partial charge >= 0.3 is 26.2 Å². The van der Waals surface area contributed by atoms with Crippen LogP contribution in [0.1, 0.15) is 13.8 Å². The van der Waals surface area contributed by atoms with Gasteiger partial charge in [0.05, 0.1) is 0 Å². The first kappa shape index (κ1) is 34.2. The molecular weight excluding hydrogens is 687 g/mol. The molecule has 190 valence electrons. The maximum absolute atomic E-state index is 2.24. The molecule has 0 saturated carbocycles. The maximum atomic E-state index is 2.24. The molecule has 0 heterocycles. The zero-order valence-electron chi connectivity index (χ0n) is 21.9. The van der Waals surface area contributed by atoms with E-state index < -0.39 is 0 Å². The van der Waals surface area contributed by atoms with Crippen LogP contribution in [0.15, 0.2) is 133 Å². The molecule has 0 bridgehead atoms. The number of fused-ring (bicyclic) bond motifs is 2. The molecule has 0 saturated heterocycles. The van der Waals surface area contributed by atoms with Crippen LogP contribution in [0.5, 0.6) is 0 Å². The third-order valence-electron chi connectivity index (χ3n) is 5.95. The molecule has 0 fully saturated rings. The van der Waals surface area contributed by atoms with E-state index in [2.05, 4.69) is 135 Å². The Bertz CT molecular complexity index is 1260. The quantitative estimate of drug-likeness (QED) is 0.191. The maximum Gasteiger partial charge on any atom is 4.00 e. The second kappa shape index (κ2) is 18.4. The Balaban J connectivity index is 0.000000304. The van der Waals surface area contributed by atoms with Crippen molar-refractivity contribution >= 4 is 31.1 Å². The number of hydrogen-bond donors (Lipinski definition) is 0. The van der Waals surface area contributed by atoms with Crippen molar-refractivity contribution in [1.29, 1.82) is 0 Å². The third kappa shape index (κ3) is 9.72. The zero-order chi connectivity index (χ0) is 24.3. The molecule has 0 nitrogen and oxygen atoms in total. The van der Waals surface area contributed by atoms with E-state index in [9.17, 15) is 0 Å². The summed E-state index contributed by atoms with van der Waals surface area (Å²) in [7, 11) is 1.20. The molecule has 2 radical (unpaired) electrons. The van der Waals surface area contributed by atoms with Crippen molar-refractivity contribution in [3.8, 4) is 22.3 Å². The van der Waals surface area contributed by atoms with E-state index in [4.69, 9.17) is 0 Å². The topological polar surface area (TPSA) is 0 Å². The average molecular weight is 720 g/mol. The molecule has 0 aliphatic carbocycles. The summed E-state index contributed by atoms with van der Waals surface area (Å²) in [6.07, 6.45) is 0. The van der Waals surface area contributed by atoms with Crippen LogP contribution in [0.2, 0.25) is 12.1 Å². The molecule has 6 rings (SSSR count). The molecule has 0 spiro atoms. The van der Waals surface area contributed by atoms with Gasteiger partial charge in [-0.15, -0.1) is 69.1 Å². The summed E-state index contributed by atoms with van der Waals surface area (Å²) in [6, 6.07) is 49.6. The Morgan fingerprint density at radius 3 is 1.16 bits per heavy atom. The predicted octanol–water partition coefficient (Wildman–Crippen LogP) is 4.02. The summed E-state index contributed by atoms with van der Waals surface area (Å²) in [5, 5.41) is 5.26. The molecule has 0 amide bonds. The van der Waals surface area contributed by atoms with Gasteiger partial charge in [0.1, 0.15) is 0 Å². The fourth-order valence-electron chi connectivity index (χ4n) is 4.15. The van der Waals surface area contributed by atoms with Gasteiger partial charge in [0, 0.05) is 9.52 Å². The molecule has 0 atom stereocenters. The molecule has 0 N–H and O–H groups in total. The first-order valence-corrected chi connectivity index (χ1v) is 13.8. The van der Waals surface area contributed by atoms with Crippen molar-refractivity contribution in [2.24, 2.45) is 0 Å². The molecule has 0 aromatic heterocycles. The third-order valence-corrected chi connectivity index (χ3v) is 6.95. The van der Waals surface area contributed by atoms with Crippen molar-refractivity contribution in [1.82, 2.24) is 0 Å². The van der Waals surface area contributed by atoms with Crippen LogP contribution >= 0.6 is 0 Å². The van der Waals surface area contributed by atoms with Gasteiger partial charge in [-0.2, -0.15) is 0 Å². The van der Waals surface area contributed by atoms with E-state index in [1.165, 1.54) is 65.4 Å². The van der Waals surface area contributed by atoms with E-state index in [0.717, 1.165) is 0 Å². The zero-order valence-corrected chi connectivity index (χ0v) is 28.5. The molecule has 0 unspecified atom stereocenters. The molecule has 0 aliphatic heterocycles. The van der Waals surface area contributed by atoms with Gasteiger partial charge in [-0.25, -0.2) is 0 Å². The fraction of sp³-hybridized carbons (Fsp3) is 0.118. The number of halogens is 2. The van der Waals surface area contributed by atoms with Crippen molar-refractivity contribution in [2.45, 2.75) is 25.9 Å². The van der Waals surface area contributed by atoms with Crippen molar-refractivity contribution in [3.63, 3.8) is 0 Å². The summed E-state index contributed by atoms with van der Waals surface area (Å²) >= 11 is 0. The van der Waals surface area contributed by atoms with Gasteiger partial charge in [0.15, 0.2) is 0 Å². The molecule has 38 heavy (non-hydrogen) atoms. The number of hydrogen-bond acceptors (Lipinski definition) is 0. The monoisotopic (exact) mass is 716 g/mol. The number of benzene rings is 4. The summed E-state index contributed by atoms with van der Waals surface area (Å²) in [4.78, 5) is 0. The van der Waals surface area contributed by atoms with Gasteiger partial charge in [0.2, 0.25) is 0 Å². The first-order valence-electron chi connectivity index (χ1n) is 12.4. The average Bonchev–Trinajstić information content (AvgIpc) is 3.56. The molecular formula is C34H32Br2SiZr. The van der Waals surface area contributed by atoms with Crippen molar-refractivity contribution in [2.75, 3.05) is 0 Å².